The van der Waals surface area contributed by atoms with E-state index in [1.807, 2.05) is 23.8 Å². The molecule has 1 atom stereocenters. The van der Waals surface area contributed by atoms with Crippen LogP contribution in [0, 0.1) is 6.92 Å². The highest BCUT2D eigenvalue weighted by atomic mass is 32.2. The van der Waals surface area contributed by atoms with Gasteiger partial charge >= 0.3 is 0 Å². The molecule has 0 aromatic carbocycles. The second-order valence-corrected chi connectivity index (χ2v) is 9.16. The second-order valence-electron chi connectivity index (χ2n) is 6.52. The molecule has 0 aliphatic carbocycles. The van der Waals surface area contributed by atoms with Gasteiger partial charge in [0.1, 0.15) is 10.9 Å². The molecule has 0 spiro atoms. The molecular weight excluding hydrogens is 386 g/mol. The van der Waals surface area contributed by atoms with Gasteiger partial charge in [-0.15, -0.1) is 10.2 Å². The van der Waals surface area contributed by atoms with Crippen molar-refractivity contribution in [3.63, 3.8) is 0 Å². The van der Waals surface area contributed by atoms with E-state index < -0.39 is 16.1 Å². The van der Waals surface area contributed by atoms with Crippen molar-refractivity contribution in [1.29, 1.82) is 0 Å². The Bertz CT molecular complexity index is 1020. The summed E-state index contributed by atoms with van der Waals surface area (Å²) in [6.45, 7) is 4.70. The summed E-state index contributed by atoms with van der Waals surface area (Å²) in [5.41, 5.74) is 1.36. The molecule has 4 rings (SSSR count). The van der Waals surface area contributed by atoms with Crippen LogP contribution >= 0.6 is 11.3 Å². The Hall–Kier alpha value is -2.04. The molecule has 0 N–H and O–H groups in total. The van der Waals surface area contributed by atoms with Gasteiger partial charge in [0.25, 0.3) is 0 Å². The number of nitrogens with zero attached hydrogens (tertiary/aromatic N) is 5. The second kappa shape index (κ2) is 7.17. The van der Waals surface area contributed by atoms with Crippen LogP contribution < -0.4 is 0 Å². The third kappa shape index (κ3) is 3.32. The quantitative estimate of drug-likeness (QED) is 0.644. The standard InChI is InChI=1S/C17H21N5O3S2/c1-3-21-10-15(12(2)20-21)27(23,24)22-8-5-4-6-14(22)17-19-18-16(25-17)13-7-9-26-11-13/h7,9-11,14H,3-6,8H2,1-2H3/t14-/m0/s1. The van der Waals surface area contributed by atoms with Crippen molar-refractivity contribution in [2.75, 3.05) is 6.54 Å². The van der Waals surface area contributed by atoms with Crippen molar-refractivity contribution in [3.05, 3.63) is 34.6 Å². The lowest BCUT2D eigenvalue weighted by Gasteiger charge is -2.32. The average molecular weight is 408 g/mol. The molecule has 3 aromatic rings. The summed E-state index contributed by atoms with van der Waals surface area (Å²) in [4.78, 5) is 0.244. The molecule has 3 aromatic heterocycles. The lowest BCUT2D eigenvalue weighted by atomic mass is 10.1. The van der Waals surface area contributed by atoms with Gasteiger partial charge in [-0.05, 0) is 38.1 Å². The van der Waals surface area contributed by atoms with Crippen LogP contribution in [0.25, 0.3) is 11.5 Å². The van der Waals surface area contributed by atoms with Crippen molar-refractivity contribution in [2.24, 2.45) is 0 Å². The molecule has 1 aliphatic rings. The fourth-order valence-electron chi connectivity index (χ4n) is 3.35. The van der Waals surface area contributed by atoms with Crippen LogP contribution in [0.5, 0.6) is 0 Å². The molecule has 0 radical (unpaired) electrons. The minimum Gasteiger partial charge on any atom is -0.419 e. The first-order chi connectivity index (χ1) is 13.0. The van der Waals surface area contributed by atoms with E-state index in [-0.39, 0.29) is 4.90 Å². The normalized spacial score (nSPS) is 18.8. The minimum atomic E-state index is -3.70. The van der Waals surface area contributed by atoms with E-state index in [0.29, 0.717) is 37.0 Å². The van der Waals surface area contributed by atoms with E-state index >= 15 is 0 Å². The van der Waals surface area contributed by atoms with Crippen LogP contribution in [0.15, 0.2) is 32.3 Å². The molecule has 1 aliphatic heterocycles. The number of rotatable bonds is 5. The van der Waals surface area contributed by atoms with E-state index in [0.717, 1.165) is 18.4 Å². The number of aromatic nitrogens is 4. The van der Waals surface area contributed by atoms with Crippen LogP contribution in [-0.4, -0.2) is 39.2 Å². The van der Waals surface area contributed by atoms with Gasteiger partial charge in [-0.25, -0.2) is 8.42 Å². The summed E-state index contributed by atoms with van der Waals surface area (Å²) in [7, 11) is -3.70. The van der Waals surface area contributed by atoms with Gasteiger partial charge in [-0.2, -0.15) is 20.7 Å². The van der Waals surface area contributed by atoms with Gasteiger partial charge in [-0.3, -0.25) is 4.68 Å². The lowest BCUT2D eigenvalue weighted by Crippen LogP contribution is -2.38. The number of hydrogen-bond donors (Lipinski definition) is 0. The molecule has 0 unspecified atom stereocenters. The molecule has 4 heterocycles. The Balaban J connectivity index is 1.69. The summed E-state index contributed by atoms with van der Waals surface area (Å²) >= 11 is 1.54. The van der Waals surface area contributed by atoms with Gasteiger partial charge in [0.05, 0.1) is 5.69 Å². The maximum Gasteiger partial charge on any atom is 0.248 e. The van der Waals surface area contributed by atoms with Crippen molar-refractivity contribution < 1.29 is 12.8 Å². The first-order valence-electron chi connectivity index (χ1n) is 8.92. The Morgan fingerprint density at radius 3 is 2.89 bits per heavy atom. The number of piperidine rings is 1. The van der Waals surface area contributed by atoms with E-state index in [1.54, 1.807) is 29.1 Å². The van der Waals surface area contributed by atoms with Gasteiger partial charge in [0.2, 0.25) is 21.8 Å². The van der Waals surface area contributed by atoms with E-state index in [9.17, 15) is 8.42 Å². The third-order valence-electron chi connectivity index (χ3n) is 4.76. The molecule has 10 heteroatoms. The van der Waals surface area contributed by atoms with Gasteiger partial charge < -0.3 is 4.42 Å². The molecule has 0 saturated carbocycles. The zero-order valence-corrected chi connectivity index (χ0v) is 16.8. The van der Waals surface area contributed by atoms with E-state index in [2.05, 4.69) is 15.3 Å². The smallest absolute Gasteiger partial charge is 0.248 e. The van der Waals surface area contributed by atoms with Gasteiger partial charge in [-0.1, -0.05) is 6.42 Å². The molecule has 8 nitrogen and oxygen atoms in total. The summed E-state index contributed by atoms with van der Waals surface area (Å²) in [6.07, 6.45) is 3.98. The summed E-state index contributed by atoms with van der Waals surface area (Å²) in [5.74, 6) is 0.768. The van der Waals surface area contributed by atoms with E-state index in [1.165, 1.54) is 4.31 Å². The molecule has 1 saturated heterocycles. The number of hydrogen-bond acceptors (Lipinski definition) is 7. The van der Waals surface area contributed by atoms with E-state index in [4.69, 9.17) is 4.42 Å². The van der Waals surface area contributed by atoms with Crippen LogP contribution in [-0.2, 0) is 16.6 Å². The Morgan fingerprint density at radius 1 is 1.33 bits per heavy atom. The zero-order chi connectivity index (χ0) is 19.0. The molecule has 144 valence electrons. The predicted molar refractivity (Wildman–Crippen MR) is 101 cm³/mol. The molecule has 0 bridgehead atoms. The number of aryl methyl sites for hydroxylation is 2. The average Bonchev–Trinajstić information content (AvgIpc) is 3.41. The number of sulfonamides is 1. The fraction of sp³-hybridized carbons (Fsp3) is 0.471. The number of thiophene rings is 1. The SMILES string of the molecule is CCn1cc(S(=O)(=O)N2CCCC[C@H]2c2nnc(-c3ccsc3)o2)c(C)n1. The first kappa shape index (κ1) is 18.3. The Morgan fingerprint density at radius 2 is 2.19 bits per heavy atom. The fourth-order valence-corrected chi connectivity index (χ4v) is 5.80. The van der Waals surface area contributed by atoms with Gasteiger partial charge in [0, 0.05) is 30.2 Å². The molecule has 0 amide bonds. The maximum absolute atomic E-state index is 13.3. The highest BCUT2D eigenvalue weighted by Gasteiger charge is 2.39. The first-order valence-corrected chi connectivity index (χ1v) is 11.3. The third-order valence-corrected chi connectivity index (χ3v) is 7.45. The minimum absolute atomic E-state index is 0.244. The topological polar surface area (TPSA) is 94.1 Å². The van der Waals surface area contributed by atoms with Crippen molar-refractivity contribution in [3.8, 4) is 11.5 Å². The van der Waals surface area contributed by atoms with Crippen molar-refractivity contribution in [1.82, 2.24) is 24.3 Å². The van der Waals surface area contributed by atoms with Crippen LogP contribution in [0.2, 0.25) is 0 Å². The van der Waals surface area contributed by atoms with Crippen LogP contribution in [0.4, 0.5) is 0 Å². The summed E-state index contributed by atoms with van der Waals surface area (Å²) in [5, 5.41) is 16.4. The van der Waals surface area contributed by atoms with Crippen LogP contribution in [0.1, 0.15) is 43.8 Å². The summed E-state index contributed by atoms with van der Waals surface area (Å²) in [6, 6.07) is 1.45. The molecular formula is C17H21N5O3S2. The van der Waals surface area contributed by atoms with Crippen molar-refractivity contribution in [2.45, 2.75) is 50.6 Å². The summed E-state index contributed by atoms with van der Waals surface area (Å²) < 4.78 is 35.7. The monoisotopic (exact) mass is 407 g/mol. The molecule has 1 fully saturated rings. The zero-order valence-electron chi connectivity index (χ0n) is 15.2. The van der Waals surface area contributed by atoms with Crippen LogP contribution in [0.3, 0.4) is 0 Å². The Labute approximate surface area is 161 Å². The Kier molecular flexibility index (Phi) is 4.87. The predicted octanol–water partition coefficient (Wildman–Crippen LogP) is 3.24. The highest BCUT2D eigenvalue weighted by Crippen LogP contribution is 2.36. The largest absolute Gasteiger partial charge is 0.419 e. The van der Waals surface area contributed by atoms with Gasteiger partial charge in [0.15, 0.2) is 0 Å². The van der Waals surface area contributed by atoms with Crippen molar-refractivity contribution >= 4 is 21.4 Å². The highest BCUT2D eigenvalue weighted by molar-refractivity contribution is 7.89. The molecule has 27 heavy (non-hydrogen) atoms. The lowest BCUT2D eigenvalue weighted by molar-refractivity contribution is 0.220. The maximum atomic E-state index is 13.3.